The van der Waals surface area contributed by atoms with Gasteiger partial charge in [0.1, 0.15) is 11.9 Å². The molecule has 0 N–H and O–H groups in total. The fourth-order valence-electron chi connectivity index (χ4n) is 1.53. The minimum atomic E-state index is -0.431. The molecule has 1 aromatic carbocycles. The number of nitrogens with zero attached hydrogens (tertiary/aromatic N) is 1. The van der Waals surface area contributed by atoms with Gasteiger partial charge >= 0.3 is 0 Å². The molecular formula is C12H14FN. The Labute approximate surface area is 84.2 Å². The molecule has 0 fully saturated rings. The molecule has 0 saturated heterocycles. The summed E-state index contributed by atoms with van der Waals surface area (Å²) in [5.41, 5.74) is 1.19. The quantitative estimate of drug-likeness (QED) is 0.716. The molecular weight excluding hydrogens is 177 g/mol. The summed E-state index contributed by atoms with van der Waals surface area (Å²) in [5.74, 6) is -0.0346. The molecule has 1 aromatic rings. The maximum absolute atomic E-state index is 13.0. The van der Waals surface area contributed by atoms with E-state index in [4.69, 9.17) is 5.26 Å². The van der Waals surface area contributed by atoms with E-state index < -0.39 is 5.82 Å². The van der Waals surface area contributed by atoms with Crippen LogP contribution in [0.25, 0.3) is 0 Å². The molecule has 0 aromatic heterocycles. The van der Waals surface area contributed by atoms with Crippen LogP contribution in [0.5, 0.6) is 0 Å². The van der Waals surface area contributed by atoms with Crippen LogP contribution in [0, 0.1) is 17.1 Å². The highest BCUT2D eigenvalue weighted by molar-refractivity contribution is 5.35. The molecule has 2 heteroatoms. The largest absolute Gasteiger partial charge is 0.206 e. The van der Waals surface area contributed by atoms with Crippen LogP contribution in [0.1, 0.15) is 43.7 Å². The number of halogens is 1. The van der Waals surface area contributed by atoms with E-state index in [-0.39, 0.29) is 5.56 Å². The summed E-state index contributed by atoms with van der Waals surface area (Å²) >= 11 is 0. The van der Waals surface area contributed by atoms with Crippen molar-refractivity contribution in [2.75, 3.05) is 0 Å². The van der Waals surface area contributed by atoms with E-state index in [1.54, 1.807) is 12.1 Å². The molecule has 14 heavy (non-hydrogen) atoms. The predicted octanol–water partition coefficient (Wildman–Crippen LogP) is 3.60. The van der Waals surface area contributed by atoms with E-state index in [2.05, 4.69) is 13.8 Å². The highest BCUT2D eigenvalue weighted by Gasteiger charge is 2.07. The summed E-state index contributed by atoms with van der Waals surface area (Å²) in [4.78, 5) is 0. The van der Waals surface area contributed by atoms with Crippen LogP contribution in [-0.2, 0) is 0 Å². The lowest BCUT2D eigenvalue weighted by molar-refractivity contribution is 0.618. The molecule has 0 radical (unpaired) electrons. The fourth-order valence-corrected chi connectivity index (χ4v) is 1.53. The molecule has 0 amide bonds. The first-order chi connectivity index (χ1) is 6.69. The summed E-state index contributed by atoms with van der Waals surface area (Å²) in [6.45, 7) is 4.21. The van der Waals surface area contributed by atoms with Gasteiger partial charge in [0.25, 0.3) is 0 Å². The normalized spacial score (nSPS) is 12.1. The first-order valence-electron chi connectivity index (χ1n) is 4.88. The monoisotopic (exact) mass is 191 g/mol. The van der Waals surface area contributed by atoms with E-state index in [1.807, 2.05) is 6.07 Å². The molecule has 0 aliphatic carbocycles. The van der Waals surface area contributed by atoms with E-state index in [0.29, 0.717) is 5.92 Å². The Balaban J connectivity index is 2.95. The Kier molecular flexibility index (Phi) is 3.64. The summed E-state index contributed by atoms with van der Waals surface area (Å²) in [7, 11) is 0. The van der Waals surface area contributed by atoms with Crippen molar-refractivity contribution in [3.8, 4) is 6.07 Å². The van der Waals surface area contributed by atoms with Crippen molar-refractivity contribution in [2.45, 2.75) is 32.6 Å². The molecule has 1 atom stereocenters. The standard InChI is InChI=1S/C12H14FN/c1-3-4-9(2)10-5-6-12(13)11(7-10)8-14/h5-7,9H,3-4H2,1-2H3. The van der Waals surface area contributed by atoms with Crippen LogP contribution < -0.4 is 0 Å². The lowest BCUT2D eigenvalue weighted by Crippen LogP contribution is -1.95. The van der Waals surface area contributed by atoms with Gasteiger partial charge in [-0.2, -0.15) is 5.26 Å². The average molecular weight is 191 g/mol. The van der Waals surface area contributed by atoms with E-state index in [1.165, 1.54) is 6.07 Å². The van der Waals surface area contributed by atoms with Gasteiger partial charge in [-0.1, -0.05) is 26.3 Å². The van der Waals surface area contributed by atoms with Crippen LogP contribution in [0.15, 0.2) is 18.2 Å². The van der Waals surface area contributed by atoms with Crippen molar-refractivity contribution in [2.24, 2.45) is 0 Å². The van der Waals surface area contributed by atoms with Crippen molar-refractivity contribution in [1.82, 2.24) is 0 Å². The Morgan fingerprint density at radius 1 is 1.50 bits per heavy atom. The SMILES string of the molecule is CCCC(C)c1ccc(F)c(C#N)c1. The van der Waals surface area contributed by atoms with Gasteiger partial charge in [0.2, 0.25) is 0 Å². The molecule has 74 valence electrons. The van der Waals surface area contributed by atoms with Gasteiger partial charge in [-0.25, -0.2) is 4.39 Å². The highest BCUT2D eigenvalue weighted by atomic mass is 19.1. The van der Waals surface area contributed by atoms with Gasteiger partial charge in [0.15, 0.2) is 0 Å². The number of hydrogen-bond acceptors (Lipinski definition) is 1. The second kappa shape index (κ2) is 4.76. The highest BCUT2D eigenvalue weighted by Crippen LogP contribution is 2.22. The summed E-state index contributed by atoms with van der Waals surface area (Å²) in [6.07, 6.45) is 2.16. The smallest absolute Gasteiger partial charge is 0.140 e. The second-order valence-corrected chi connectivity index (χ2v) is 3.54. The molecule has 0 saturated carbocycles. The van der Waals surface area contributed by atoms with E-state index >= 15 is 0 Å². The molecule has 1 unspecified atom stereocenters. The Bertz CT molecular complexity index is 352. The Hall–Kier alpha value is -1.36. The number of nitriles is 1. The zero-order chi connectivity index (χ0) is 10.6. The molecule has 0 aliphatic heterocycles. The van der Waals surface area contributed by atoms with Crippen LogP contribution >= 0.6 is 0 Å². The van der Waals surface area contributed by atoms with E-state index in [9.17, 15) is 4.39 Å². The molecule has 1 rings (SSSR count). The molecule has 0 heterocycles. The zero-order valence-electron chi connectivity index (χ0n) is 8.55. The van der Waals surface area contributed by atoms with Crippen molar-refractivity contribution >= 4 is 0 Å². The number of benzene rings is 1. The zero-order valence-corrected chi connectivity index (χ0v) is 8.55. The molecule has 0 spiro atoms. The Morgan fingerprint density at radius 3 is 2.79 bits per heavy atom. The fraction of sp³-hybridized carbons (Fsp3) is 0.417. The van der Waals surface area contributed by atoms with Gasteiger partial charge in [0, 0.05) is 0 Å². The van der Waals surface area contributed by atoms with Crippen LogP contribution in [0.4, 0.5) is 4.39 Å². The van der Waals surface area contributed by atoms with Gasteiger partial charge < -0.3 is 0 Å². The van der Waals surface area contributed by atoms with Gasteiger partial charge in [0.05, 0.1) is 5.56 Å². The van der Waals surface area contributed by atoms with Crippen molar-refractivity contribution < 1.29 is 4.39 Å². The topological polar surface area (TPSA) is 23.8 Å². The third kappa shape index (κ3) is 2.32. The van der Waals surface area contributed by atoms with E-state index in [0.717, 1.165) is 18.4 Å². The van der Waals surface area contributed by atoms with Crippen molar-refractivity contribution in [3.05, 3.63) is 35.1 Å². The number of hydrogen-bond donors (Lipinski definition) is 0. The van der Waals surface area contributed by atoms with Crippen molar-refractivity contribution in [3.63, 3.8) is 0 Å². The van der Waals surface area contributed by atoms with Gasteiger partial charge in [-0.05, 0) is 30.0 Å². The maximum Gasteiger partial charge on any atom is 0.140 e. The lowest BCUT2D eigenvalue weighted by Gasteiger charge is -2.10. The minimum absolute atomic E-state index is 0.144. The third-order valence-electron chi connectivity index (χ3n) is 2.40. The molecule has 1 nitrogen and oxygen atoms in total. The summed E-state index contributed by atoms with van der Waals surface area (Å²) < 4.78 is 13.0. The number of rotatable bonds is 3. The van der Waals surface area contributed by atoms with Gasteiger partial charge in [-0.15, -0.1) is 0 Å². The van der Waals surface area contributed by atoms with Gasteiger partial charge in [-0.3, -0.25) is 0 Å². The Morgan fingerprint density at radius 2 is 2.21 bits per heavy atom. The van der Waals surface area contributed by atoms with Crippen LogP contribution in [0.2, 0.25) is 0 Å². The lowest BCUT2D eigenvalue weighted by atomic mass is 9.95. The van der Waals surface area contributed by atoms with Crippen LogP contribution in [0.3, 0.4) is 0 Å². The summed E-state index contributed by atoms with van der Waals surface area (Å²) in [5, 5.41) is 8.66. The maximum atomic E-state index is 13.0. The first-order valence-corrected chi connectivity index (χ1v) is 4.88. The summed E-state index contributed by atoms with van der Waals surface area (Å²) in [6, 6.07) is 6.64. The van der Waals surface area contributed by atoms with Crippen LogP contribution in [-0.4, -0.2) is 0 Å². The molecule has 0 aliphatic rings. The minimum Gasteiger partial charge on any atom is -0.206 e. The third-order valence-corrected chi connectivity index (χ3v) is 2.40. The first kappa shape index (κ1) is 10.7. The average Bonchev–Trinajstić information content (AvgIpc) is 2.19. The predicted molar refractivity (Wildman–Crippen MR) is 54.4 cm³/mol. The molecule has 0 bridgehead atoms. The van der Waals surface area contributed by atoms with Crippen molar-refractivity contribution in [1.29, 1.82) is 5.26 Å². The second-order valence-electron chi connectivity index (χ2n) is 3.54.